The van der Waals surface area contributed by atoms with Gasteiger partial charge in [0.25, 0.3) is 0 Å². The second-order valence-electron chi connectivity index (χ2n) is 2.33. The van der Waals surface area contributed by atoms with Gasteiger partial charge >= 0.3 is 0 Å². The highest BCUT2D eigenvalue weighted by molar-refractivity contribution is 8.28. The molecule has 3 heteroatoms. The van der Waals surface area contributed by atoms with Crippen LogP contribution in [0.4, 0.5) is 0 Å². The maximum absolute atomic E-state index is 9.18. The van der Waals surface area contributed by atoms with Crippen molar-refractivity contribution >= 4 is 10.3 Å². The SMILES string of the molecule is CS(C)(O)CCCN. The Bertz CT molecular complexity index is 59.9. The Kier molecular flexibility index (Phi) is 3.44. The highest BCUT2D eigenvalue weighted by Gasteiger charge is 2.02. The molecule has 0 bridgehead atoms. The van der Waals surface area contributed by atoms with Gasteiger partial charge < -0.3 is 10.3 Å². The Morgan fingerprint density at radius 2 is 2.00 bits per heavy atom. The molecule has 0 aromatic heterocycles. The minimum atomic E-state index is -1.27. The summed E-state index contributed by atoms with van der Waals surface area (Å²) in [6, 6.07) is 0. The van der Waals surface area contributed by atoms with Gasteiger partial charge in [-0.1, -0.05) is 0 Å². The number of nitrogens with two attached hydrogens (primary N) is 1. The largest absolute Gasteiger partial charge is 0.352 e. The Hall–Kier alpha value is 0.270. The zero-order valence-electron chi connectivity index (χ0n) is 5.55. The van der Waals surface area contributed by atoms with Crippen molar-refractivity contribution in [3.63, 3.8) is 0 Å². The van der Waals surface area contributed by atoms with Crippen LogP contribution in [0.1, 0.15) is 6.42 Å². The third kappa shape index (κ3) is 6.27. The lowest BCUT2D eigenvalue weighted by Gasteiger charge is -2.22. The minimum absolute atomic E-state index is 0.691. The summed E-state index contributed by atoms with van der Waals surface area (Å²) < 4.78 is 9.18. The van der Waals surface area contributed by atoms with Crippen LogP contribution in [-0.2, 0) is 0 Å². The number of hydrogen-bond donors (Lipinski definition) is 2. The fourth-order valence-electron chi connectivity index (χ4n) is 0.437. The normalized spacial score (nSPS) is 14.0. The minimum Gasteiger partial charge on any atom is -0.352 e. The van der Waals surface area contributed by atoms with Crippen molar-refractivity contribution in [2.45, 2.75) is 6.42 Å². The molecule has 0 aromatic carbocycles. The number of hydrogen-bond acceptors (Lipinski definition) is 2. The van der Waals surface area contributed by atoms with Gasteiger partial charge in [0.05, 0.1) is 0 Å². The van der Waals surface area contributed by atoms with E-state index in [2.05, 4.69) is 0 Å². The van der Waals surface area contributed by atoms with E-state index in [1.54, 1.807) is 0 Å². The molecular formula is C5H15NOS. The maximum atomic E-state index is 9.18. The summed E-state index contributed by atoms with van der Waals surface area (Å²) in [6.07, 6.45) is 4.70. The van der Waals surface area contributed by atoms with Crippen molar-refractivity contribution < 1.29 is 4.55 Å². The van der Waals surface area contributed by atoms with Crippen LogP contribution in [0.3, 0.4) is 0 Å². The Morgan fingerprint density at radius 1 is 1.50 bits per heavy atom. The summed E-state index contributed by atoms with van der Waals surface area (Å²) in [4.78, 5) is 0. The topological polar surface area (TPSA) is 46.2 Å². The van der Waals surface area contributed by atoms with Crippen LogP contribution in [0.2, 0.25) is 0 Å². The molecule has 2 nitrogen and oxygen atoms in total. The molecule has 0 radical (unpaired) electrons. The Labute approximate surface area is 52.6 Å². The van der Waals surface area contributed by atoms with Crippen molar-refractivity contribution in [2.24, 2.45) is 5.73 Å². The van der Waals surface area contributed by atoms with E-state index in [-0.39, 0.29) is 0 Å². The lowest BCUT2D eigenvalue weighted by molar-refractivity contribution is 0.633. The lowest BCUT2D eigenvalue weighted by Crippen LogP contribution is -2.06. The Morgan fingerprint density at radius 3 is 2.12 bits per heavy atom. The van der Waals surface area contributed by atoms with E-state index in [1.807, 2.05) is 12.5 Å². The summed E-state index contributed by atoms with van der Waals surface area (Å²) >= 11 is 0. The van der Waals surface area contributed by atoms with Crippen molar-refractivity contribution in [1.82, 2.24) is 0 Å². The van der Waals surface area contributed by atoms with E-state index in [0.29, 0.717) is 6.54 Å². The van der Waals surface area contributed by atoms with Gasteiger partial charge in [-0.2, -0.15) is 0 Å². The molecule has 52 valence electrons. The summed E-state index contributed by atoms with van der Waals surface area (Å²) in [5.41, 5.74) is 5.24. The van der Waals surface area contributed by atoms with Crippen LogP contribution in [0.5, 0.6) is 0 Å². The van der Waals surface area contributed by atoms with Crippen LogP contribution in [0.15, 0.2) is 0 Å². The van der Waals surface area contributed by atoms with Gasteiger partial charge in [0.2, 0.25) is 0 Å². The van der Waals surface area contributed by atoms with Gasteiger partial charge in [0.1, 0.15) is 0 Å². The third-order valence-corrected chi connectivity index (χ3v) is 2.14. The standard InChI is InChI=1S/C5H15NOS/c1-8(2,7)5-3-4-6/h7H,3-6H2,1-2H3. The van der Waals surface area contributed by atoms with Crippen molar-refractivity contribution in [3.8, 4) is 0 Å². The molecule has 0 aromatic rings. The molecule has 0 amide bonds. The van der Waals surface area contributed by atoms with E-state index in [1.165, 1.54) is 0 Å². The van der Waals surface area contributed by atoms with E-state index < -0.39 is 10.3 Å². The molecule has 0 aliphatic carbocycles. The van der Waals surface area contributed by atoms with E-state index in [0.717, 1.165) is 12.2 Å². The van der Waals surface area contributed by atoms with E-state index in [9.17, 15) is 4.55 Å². The summed E-state index contributed by atoms with van der Waals surface area (Å²) in [5, 5.41) is 0. The van der Waals surface area contributed by atoms with Crippen LogP contribution >= 0.6 is 10.3 Å². The molecule has 0 aliphatic rings. The Balaban J connectivity index is 3.11. The maximum Gasteiger partial charge on any atom is -0.000559 e. The zero-order valence-corrected chi connectivity index (χ0v) is 6.37. The molecule has 0 spiro atoms. The van der Waals surface area contributed by atoms with Gasteiger partial charge in [-0.25, -0.2) is 0 Å². The van der Waals surface area contributed by atoms with Gasteiger partial charge in [-0.3, -0.25) is 0 Å². The predicted molar refractivity (Wildman–Crippen MR) is 40.6 cm³/mol. The average molecular weight is 137 g/mol. The average Bonchev–Trinajstić information content (AvgIpc) is 1.59. The third-order valence-electron chi connectivity index (χ3n) is 0.848. The molecule has 0 heterocycles. The first-order valence-electron chi connectivity index (χ1n) is 2.70. The first kappa shape index (κ1) is 8.27. The highest BCUT2D eigenvalue weighted by atomic mass is 32.3. The summed E-state index contributed by atoms with van der Waals surface area (Å²) in [7, 11) is -1.27. The molecule has 0 atom stereocenters. The molecule has 0 aliphatic heterocycles. The molecule has 0 fully saturated rings. The van der Waals surface area contributed by atoms with Crippen LogP contribution < -0.4 is 5.73 Å². The number of rotatable bonds is 3. The quantitative estimate of drug-likeness (QED) is 0.606. The lowest BCUT2D eigenvalue weighted by atomic mass is 10.5. The van der Waals surface area contributed by atoms with Gasteiger partial charge in [0.15, 0.2) is 0 Å². The second-order valence-corrected chi connectivity index (χ2v) is 5.69. The van der Waals surface area contributed by atoms with E-state index >= 15 is 0 Å². The fraction of sp³-hybridized carbons (Fsp3) is 1.00. The van der Waals surface area contributed by atoms with E-state index in [4.69, 9.17) is 5.73 Å². The van der Waals surface area contributed by atoms with Crippen molar-refractivity contribution in [1.29, 1.82) is 0 Å². The van der Waals surface area contributed by atoms with Crippen LogP contribution in [-0.4, -0.2) is 29.4 Å². The van der Waals surface area contributed by atoms with Crippen molar-refractivity contribution in [3.05, 3.63) is 0 Å². The molecule has 0 unspecified atom stereocenters. The smallest absolute Gasteiger partial charge is 0.000559 e. The molecule has 8 heavy (non-hydrogen) atoms. The molecule has 3 N–H and O–H groups in total. The summed E-state index contributed by atoms with van der Waals surface area (Å²) in [5.74, 6) is 0.878. The first-order chi connectivity index (χ1) is 3.56. The van der Waals surface area contributed by atoms with Crippen molar-refractivity contribution in [2.75, 3.05) is 24.8 Å². The molecule has 0 rings (SSSR count). The summed E-state index contributed by atoms with van der Waals surface area (Å²) in [6.45, 7) is 0.691. The second kappa shape index (κ2) is 3.33. The van der Waals surface area contributed by atoms with Gasteiger partial charge in [0, 0.05) is 0 Å². The van der Waals surface area contributed by atoms with Gasteiger partial charge in [-0.15, -0.1) is 10.3 Å². The molecular weight excluding hydrogens is 122 g/mol. The highest BCUT2D eigenvalue weighted by Crippen LogP contribution is 2.33. The molecule has 0 saturated heterocycles. The zero-order chi connectivity index (χ0) is 6.62. The van der Waals surface area contributed by atoms with Crippen LogP contribution in [0, 0.1) is 0 Å². The monoisotopic (exact) mass is 137 g/mol. The molecule has 0 saturated carbocycles. The fourth-order valence-corrected chi connectivity index (χ4v) is 1.31. The van der Waals surface area contributed by atoms with Crippen LogP contribution in [0.25, 0.3) is 0 Å². The first-order valence-corrected chi connectivity index (χ1v) is 5.27. The predicted octanol–water partition coefficient (Wildman–Crippen LogP) is 0.872. The van der Waals surface area contributed by atoms with Gasteiger partial charge in [-0.05, 0) is 31.2 Å².